The maximum Gasteiger partial charge on any atom is 0.363 e. The highest BCUT2D eigenvalue weighted by molar-refractivity contribution is 6.32. The number of nitro groups is 1. The summed E-state index contributed by atoms with van der Waals surface area (Å²) in [5, 5.41) is 11.1. The molecular weight excluding hydrogens is 432 g/mol. The van der Waals surface area contributed by atoms with Crippen LogP contribution in [0.15, 0.2) is 77.4 Å². The number of aliphatic imine (C=N–C) groups is 1. The molecule has 0 fully saturated rings. The molecule has 32 heavy (non-hydrogen) atoms. The maximum absolute atomic E-state index is 12.4. The third-order valence-electron chi connectivity index (χ3n) is 4.74. The lowest BCUT2D eigenvalue weighted by molar-refractivity contribution is -0.384. The van der Waals surface area contributed by atoms with Crippen LogP contribution in [0.2, 0.25) is 5.02 Å². The Morgan fingerprint density at radius 2 is 1.88 bits per heavy atom. The van der Waals surface area contributed by atoms with Crippen molar-refractivity contribution in [3.8, 4) is 5.75 Å². The van der Waals surface area contributed by atoms with Crippen molar-refractivity contribution < 1.29 is 19.2 Å². The fraction of sp³-hybridized carbons (Fsp3) is 0.0833. The monoisotopic (exact) mass is 448 g/mol. The normalized spacial score (nSPS) is 14.2. The summed E-state index contributed by atoms with van der Waals surface area (Å²) in [7, 11) is 0. The number of carbonyl (C=O) groups is 1. The van der Waals surface area contributed by atoms with E-state index >= 15 is 0 Å². The minimum absolute atomic E-state index is 0.0147. The molecule has 0 bridgehead atoms. The zero-order chi connectivity index (χ0) is 22.7. The first-order valence-corrected chi connectivity index (χ1v) is 10.0. The summed E-state index contributed by atoms with van der Waals surface area (Å²) in [5.74, 6) is -0.107. The van der Waals surface area contributed by atoms with Crippen LogP contribution in [0.3, 0.4) is 0 Å². The van der Waals surface area contributed by atoms with Crippen LogP contribution >= 0.6 is 11.6 Å². The number of aryl methyl sites for hydroxylation is 1. The molecule has 0 aromatic heterocycles. The van der Waals surface area contributed by atoms with Crippen LogP contribution in [0.4, 0.5) is 5.69 Å². The van der Waals surface area contributed by atoms with E-state index in [1.807, 2.05) is 43.3 Å². The summed E-state index contributed by atoms with van der Waals surface area (Å²) in [6.45, 7) is 2.39. The Kier molecular flexibility index (Phi) is 6.00. The largest absolute Gasteiger partial charge is 0.488 e. The number of rotatable bonds is 6. The van der Waals surface area contributed by atoms with Gasteiger partial charge in [0.15, 0.2) is 5.70 Å². The first kappa shape index (κ1) is 21.3. The van der Waals surface area contributed by atoms with Gasteiger partial charge in [-0.15, -0.1) is 0 Å². The van der Waals surface area contributed by atoms with Crippen molar-refractivity contribution in [2.75, 3.05) is 0 Å². The van der Waals surface area contributed by atoms with Gasteiger partial charge in [-0.05, 0) is 36.8 Å². The molecule has 0 unspecified atom stereocenters. The molecule has 0 saturated heterocycles. The Bertz CT molecular complexity index is 1270. The predicted molar refractivity (Wildman–Crippen MR) is 121 cm³/mol. The van der Waals surface area contributed by atoms with Crippen molar-refractivity contribution in [1.82, 2.24) is 0 Å². The highest BCUT2D eigenvalue weighted by atomic mass is 35.5. The van der Waals surface area contributed by atoms with Crippen LogP contribution in [0.5, 0.6) is 5.75 Å². The van der Waals surface area contributed by atoms with Crippen LogP contribution in [0.25, 0.3) is 6.08 Å². The molecule has 0 amide bonds. The van der Waals surface area contributed by atoms with Crippen molar-refractivity contribution in [3.63, 3.8) is 0 Å². The molecule has 0 saturated carbocycles. The summed E-state index contributed by atoms with van der Waals surface area (Å²) >= 11 is 5.85. The van der Waals surface area contributed by atoms with Gasteiger partial charge in [0, 0.05) is 17.2 Å². The molecule has 1 aliphatic rings. The van der Waals surface area contributed by atoms with Gasteiger partial charge in [0.25, 0.3) is 5.69 Å². The molecular formula is C24H17ClN2O5. The van der Waals surface area contributed by atoms with E-state index in [2.05, 4.69) is 4.99 Å². The van der Waals surface area contributed by atoms with Crippen molar-refractivity contribution >= 4 is 35.2 Å². The van der Waals surface area contributed by atoms with E-state index in [9.17, 15) is 14.9 Å². The van der Waals surface area contributed by atoms with Crippen LogP contribution in [0, 0.1) is 17.0 Å². The summed E-state index contributed by atoms with van der Waals surface area (Å²) in [6, 6.07) is 19.3. The fourth-order valence-corrected chi connectivity index (χ4v) is 3.23. The Morgan fingerprint density at radius 3 is 2.62 bits per heavy atom. The van der Waals surface area contributed by atoms with Gasteiger partial charge < -0.3 is 9.47 Å². The van der Waals surface area contributed by atoms with Gasteiger partial charge in [0.2, 0.25) is 5.90 Å². The number of nitro benzene ring substituents is 1. The standard InChI is InChI=1S/C24H17ClN2O5/c1-15-6-8-16(9-7-15)14-31-22-5-3-2-4-17(22)12-20-24(28)32-23(26-20)18-10-11-19(25)21(13-18)27(29)30/h2-13H,14H2,1H3/b20-12-. The van der Waals surface area contributed by atoms with E-state index in [0.717, 1.165) is 5.56 Å². The second kappa shape index (κ2) is 9.03. The Morgan fingerprint density at radius 1 is 1.12 bits per heavy atom. The van der Waals surface area contributed by atoms with Crippen LogP contribution in [0.1, 0.15) is 22.3 Å². The number of ether oxygens (including phenoxy) is 2. The van der Waals surface area contributed by atoms with Gasteiger partial charge in [-0.3, -0.25) is 10.1 Å². The van der Waals surface area contributed by atoms with E-state index in [-0.39, 0.29) is 27.9 Å². The second-order valence-corrected chi connectivity index (χ2v) is 7.48. The number of carbonyl (C=O) groups excluding carboxylic acids is 1. The maximum atomic E-state index is 12.4. The highest BCUT2D eigenvalue weighted by Gasteiger charge is 2.26. The van der Waals surface area contributed by atoms with Gasteiger partial charge in [0.1, 0.15) is 17.4 Å². The van der Waals surface area contributed by atoms with Gasteiger partial charge in [-0.2, -0.15) is 0 Å². The first-order valence-electron chi connectivity index (χ1n) is 9.65. The minimum atomic E-state index is -0.661. The molecule has 0 radical (unpaired) electrons. The number of nitrogens with zero attached hydrogens (tertiary/aromatic N) is 2. The molecule has 1 heterocycles. The van der Waals surface area contributed by atoms with Crippen LogP contribution in [-0.2, 0) is 16.1 Å². The quantitative estimate of drug-likeness (QED) is 0.215. The summed E-state index contributed by atoms with van der Waals surface area (Å²) in [4.78, 5) is 27.1. The molecule has 3 aromatic rings. The van der Waals surface area contributed by atoms with Crippen molar-refractivity contribution in [3.05, 3.63) is 110 Å². The minimum Gasteiger partial charge on any atom is -0.488 e. The molecule has 7 nitrogen and oxygen atoms in total. The lowest BCUT2D eigenvalue weighted by atomic mass is 10.1. The lowest BCUT2D eigenvalue weighted by Gasteiger charge is -2.09. The van der Waals surface area contributed by atoms with Gasteiger partial charge in [0.05, 0.1) is 4.92 Å². The summed E-state index contributed by atoms with van der Waals surface area (Å²) in [6.07, 6.45) is 1.56. The fourth-order valence-electron chi connectivity index (χ4n) is 3.04. The number of halogens is 1. The van der Waals surface area contributed by atoms with E-state index < -0.39 is 10.9 Å². The van der Waals surface area contributed by atoms with Crippen LogP contribution in [-0.4, -0.2) is 16.8 Å². The average molecular weight is 449 g/mol. The highest BCUT2D eigenvalue weighted by Crippen LogP contribution is 2.29. The molecule has 1 aliphatic heterocycles. The smallest absolute Gasteiger partial charge is 0.363 e. The Balaban J connectivity index is 1.59. The number of para-hydroxylation sites is 1. The number of cyclic esters (lactones) is 1. The third-order valence-corrected chi connectivity index (χ3v) is 5.06. The summed E-state index contributed by atoms with van der Waals surface area (Å²) in [5.41, 5.74) is 2.88. The molecule has 8 heteroatoms. The van der Waals surface area contributed by atoms with Gasteiger partial charge in [-0.1, -0.05) is 59.6 Å². The van der Waals surface area contributed by atoms with Crippen molar-refractivity contribution in [2.24, 2.45) is 4.99 Å². The van der Waals surface area contributed by atoms with Crippen molar-refractivity contribution in [2.45, 2.75) is 13.5 Å². The second-order valence-electron chi connectivity index (χ2n) is 7.07. The van der Waals surface area contributed by atoms with Gasteiger partial charge in [-0.25, -0.2) is 9.79 Å². The molecule has 0 spiro atoms. The van der Waals surface area contributed by atoms with E-state index in [4.69, 9.17) is 21.1 Å². The Labute approximate surface area is 188 Å². The Hall–Kier alpha value is -3.97. The topological polar surface area (TPSA) is 91.0 Å². The molecule has 160 valence electrons. The number of benzene rings is 3. The van der Waals surface area contributed by atoms with E-state index in [1.165, 1.54) is 23.8 Å². The summed E-state index contributed by atoms with van der Waals surface area (Å²) < 4.78 is 11.2. The average Bonchev–Trinajstić information content (AvgIpc) is 3.14. The zero-order valence-corrected chi connectivity index (χ0v) is 17.7. The van der Waals surface area contributed by atoms with E-state index in [0.29, 0.717) is 17.9 Å². The predicted octanol–water partition coefficient (Wildman–Crippen LogP) is 5.48. The first-order chi connectivity index (χ1) is 15.4. The SMILES string of the molecule is Cc1ccc(COc2ccccc2/C=C2\N=C(c3ccc(Cl)c([N+](=O)[O-])c3)OC2=O)cc1. The van der Waals surface area contributed by atoms with E-state index in [1.54, 1.807) is 18.2 Å². The molecule has 4 rings (SSSR count). The molecule has 0 aliphatic carbocycles. The number of hydrogen-bond acceptors (Lipinski definition) is 6. The molecule has 0 atom stereocenters. The van der Waals surface area contributed by atoms with Gasteiger partial charge >= 0.3 is 5.97 Å². The van der Waals surface area contributed by atoms with Crippen molar-refractivity contribution in [1.29, 1.82) is 0 Å². The number of hydrogen-bond donors (Lipinski definition) is 0. The third kappa shape index (κ3) is 4.68. The molecule has 0 N–H and O–H groups in total. The zero-order valence-electron chi connectivity index (χ0n) is 16.9. The van der Waals surface area contributed by atoms with Crippen LogP contribution < -0.4 is 4.74 Å². The lowest BCUT2D eigenvalue weighted by Crippen LogP contribution is -2.06. The molecule has 3 aromatic carbocycles. The number of esters is 1.